The van der Waals surface area contributed by atoms with Crippen molar-refractivity contribution in [2.45, 2.75) is 41.9 Å². The van der Waals surface area contributed by atoms with Crippen molar-refractivity contribution >= 4 is 52.5 Å². The van der Waals surface area contributed by atoms with Gasteiger partial charge in [0.15, 0.2) is 0 Å². The van der Waals surface area contributed by atoms with Crippen LogP contribution in [0.2, 0.25) is 0 Å². The molecule has 0 radical (unpaired) electrons. The summed E-state index contributed by atoms with van der Waals surface area (Å²) in [5, 5.41) is 0.153. The molecule has 0 fully saturated rings. The molecule has 2 aromatic rings. The summed E-state index contributed by atoms with van der Waals surface area (Å²) in [6, 6.07) is 4.63. The molecule has 2 aromatic carbocycles. The zero-order valence-electron chi connectivity index (χ0n) is 15.9. The van der Waals surface area contributed by atoms with Crippen LogP contribution in [-0.4, -0.2) is 50.4 Å². The van der Waals surface area contributed by atoms with Gasteiger partial charge in [-0.05, 0) is 48.9 Å². The third kappa shape index (κ3) is 4.13. The number of hydrogen-bond acceptors (Lipinski definition) is 7. The molecule has 1 aliphatic rings. The van der Waals surface area contributed by atoms with Gasteiger partial charge < -0.3 is 0 Å². The molecule has 0 bridgehead atoms. The van der Waals surface area contributed by atoms with E-state index < -0.39 is 51.3 Å². The highest BCUT2D eigenvalue weighted by Crippen LogP contribution is 2.48. The lowest BCUT2D eigenvalue weighted by molar-refractivity contribution is 0.473. The summed E-state index contributed by atoms with van der Waals surface area (Å²) >= 11 is 0. The molecule has 30 heavy (non-hydrogen) atoms. The second-order valence-electron chi connectivity index (χ2n) is 7.35. The number of nitrogens with zero attached hydrogens (tertiary/aromatic N) is 1. The first kappa shape index (κ1) is 22.8. The molecule has 3 rings (SSSR count). The van der Waals surface area contributed by atoms with E-state index in [0.29, 0.717) is 23.0 Å². The average molecular weight is 478 g/mol. The van der Waals surface area contributed by atoms with Crippen molar-refractivity contribution in [1.82, 2.24) is 0 Å². The lowest BCUT2D eigenvalue weighted by atomic mass is 9.74. The minimum absolute atomic E-state index is 0.0227. The van der Waals surface area contributed by atoms with E-state index in [1.165, 1.54) is 12.1 Å². The Kier molecular flexibility index (Phi) is 5.37. The van der Waals surface area contributed by atoms with Gasteiger partial charge in [-0.15, -0.1) is 0 Å². The summed E-state index contributed by atoms with van der Waals surface area (Å²) in [7, 11) is -13.8. The molecule has 1 atom stereocenters. The fourth-order valence-electron chi connectivity index (χ4n) is 3.80. The second kappa shape index (κ2) is 7.07. The Morgan fingerprint density at radius 2 is 1.57 bits per heavy atom. The van der Waals surface area contributed by atoms with Crippen LogP contribution >= 0.6 is 0 Å². The van der Waals surface area contributed by atoms with Crippen LogP contribution in [0.1, 0.15) is 32.3 Å². The first-order chi connectivity index (χ1) is 13.5. The third-order valence-electron chi connectivity index (χ3n) is 5.34. The van der Waals surface area contributed by atoms with Crippen molar-refractivity contribution in [1.29, 1.82) is 0 Å². The molecule has 1 unspecified atom stereocenters. The number of rotatable bonds is 6. The van der Waals surface area contributed by atoms with E-state index in [1.54, 1.807) is 13.8 Å². The van der Waals surface area contributed by atoms with E-state index in [4.69, 9.17) is 4.55 Å². The molecule has 0 aliphatic carbocycles. The van der Waals surface area contributed by atoms with E-state index >= 15 is 0 Å². The molecule has 0 saturated heterocycles. The maximum Gasteiger partial charge on any atom is 0.295 e. The fraction of sp³-hybridized carbons (Fsp3) is 0.353. The quantitative estimate of drug-likeness (QED) is 0.527. The van der Waals surface area contributed by atoms with Crippen LogP contribution in [0.5, 0.6) is 0 Å². The van der Waals surface area contributed by atoms with Crippen molar-refractivity contribution in [2.24, 2.45) is 4.99 Å². The molecule has 164 valence electrons. The van der Waals surface area contributed by atoms with Crippen LogP contribution in [0.3, 0.4) is 0 Å². The summed E-state index contributed by atoms with van der Waals surface area (Å²) in [4.78, 5) is 3.02. The Morgan fingerprint density at radius 3 is 2.10 bits per heavy atom. The van der Waals surface area contributed by atoms with E-state index in [9.17, 15) is 34.4 Å². The van der Waals surface area contributed by atoms with Crippen LogP contribution in [0, 0.1) is 0 Å². The van der Waals surface area contributed by atoms with Gasteiger partial charge in [0.1, 0.15) is 4.90 Å². The highest BCUT2D eigenvalue weighted by Gasteiger charge is 2.39. The SMILES string of the molecule is CC1=Nc2ccc3c(S(=O)(=O)O)cc(S(=O)(=O)O)cc3c2C1(C)CCCS(=O)(=O)O. The molecule has 0 spiro atoms. The Morgan fingerprint density at radius 1 is 0.933 bits per heavy atom. The zero-order chi connectivity index (χ0) is 22.7. The van der Waals surface area contributed by atoms with Crippen LogP contribution < -0.4 is 0 Å². The molecule has 0 aromatic heterocycles. The van der Waals surface area contributed by atoms with E-state index in [1.807, 2.05) is 0 Å². The first-order valence-corrected chi connectivity index (χ1v) is 13.1. The summed E-state index contributed by atoms with van der Waals surface area (Å²) in [5.74, 6) is -0.498. The van der Waals surface area contributed by atoms with E-state index in [0.717, 1.165) is 6.07 Å². The lowest BCUT2D eigenvalue weighted by Gasteiger charge is -2.28. The zero-order valence-corrected chi connectivity index (χ0v) is 18.3. The molecular formula is C17H19NO9S3. The van der Waals surface area contributed by atoms with Gasteiger partial charge in [-0.2, -0.15) is 25.3 Å². The predicted octanol–water partition coefficient (Wildman–Crippen LogP) is 2.36. The van der Waals surface area contributed by atoms with Crippen molar-refractivity contribution in [2.75, 3.05) is 5.75 Å². The molecule has 1 aliphatic heterocycles. The number of benzene rings is 2. The van der Waals surface area contributed by atoms with Crippen LogP contribution in [-0.2, 0) is 35.8 Å². The van der Waals surface area contributed by atoms with Gasteiger partial charge in [0, 0.05) is 16.5 Å². The maximum absolute atomic E-state index is 11.9. The molecule has 13 heteroatoms. The van der Waals surface area contributed by atoms with Gasteiger partial charge in [0.05, 0.1) is 16.3 Å². The molecule has 1 heterocycles. The Balaban J connectivity index is 2.33. The highest BCUT2D eigenvalue weighted by atomic mass is 32.2. The predicted molar refractivity (Wildman–Crippen MR) is 109 cm³/mol. The standard InChI is InChI=1S/C17H19NO9S3/c1-10-17(2,6-3-7-28(19,20)21)16-13-8-11(29(22,23)24)9-15(30(25,26)27)12(13)4-5-14(16)18-10/h4-5,8-9H,3,6-7H2,1-2H3,(H,19,20,21)(H,22,23,24)(H,25,26,27). The normalized spacial score (nSPS) is 19.7. The van der Waals surface area contributed by atoms with Crippen LogP contribution in [0.15, 0.2) is 39.0 Å². The summed E-state index contributed by atoms with van der Waals surface area (Å²) in [5.41, 5.74) is 0.519. The fourth-order valence-corrected chi connectivity index (χ4v) is 5.65. The number of fused-ring (bicyclic) bond motifs is 3. The molecule has 3 N–H and O–H groups in total. The smallest absolute Gasteiger partial charge is 0.286 e. The van der Waals surface area contributed by atoms with E-state index in [2.05, 4.69) is 4.99 Å². The first-order valence-electron chi connectivity index (χ1n) is 8.61. The lowest BCUT2D eigenvalue weighted by Crippen LogP contribution is -2.28. The van der Waals surface area contributed by atoms with Gasteiger partial charge in [-0.25, -0.2) is 0 Å². The second-order valence-corrected chi connectivity index (χ2v) is 11.7. The third-order valence-corrected chi connectivity index (χ3v) is 7.87. The average Bonchev–Trinajstić information content (AvgIpc) is 2.82. The van der Waals surface area contributed by atoms with Gasteiger partial charge in [0.25, 0.3) is 30.4 Å². The van der Waals surface area contributed by atoms with Crippen LogP contribution in [0.4, 0.5) is 5.69 Å². The molecule has 0 amide bonds. The van der Waals surface area contributed by atoms with Gasteiger partial charge in [-0.3, -0.25) is 18.7 Å². The Hall–Kier alpha value is -1.90. The maximum atomic E-state index is 11.9. The van der Waals surface area contributed by atoms with Gasteiger partial charge in [-0.1, -0.05) is 13.0 Å². The van der Waals surface area contributed by atoms with Crippen LogP contribution in [0.25, 0.3) is 10.8 Å². The highest BCUT2D eigenvalue weighted by molar-refractivity contribution is 7.87. The summed E-state index contributed by atoms with van der Waals surface area (Å²) < 4.78 is 97.5. The van der Waals surface area contributed by atoms with E-state index in [-0.39, 0.29) is 23.6 Å². The largest absolute Gasteiger partial charge is 0.295 e. The summed E-state index contributed by atoms with van der Waals surface area (Å²) in [6.45, 7) is 3.42. The molecule has 0 saturated carbocycles. The number of hydrogen-bond donors (Lipinski definition) is 3. The minimum atomic E-state index is -4.84. The van der Waals surface area contributed by atoms with Crippen molar-refractivity contribution in [3.8, 4) is 0 Å². The Labute approximate surface area is 173 Å². The molecule has 10 nitrogen and oxygen atoms in total. The van der Waals surface area contributed by atoms with Crippen molar-refractivity contribution in [3.63, 3.8) is 0 Å². The van der Waals surface area contributed by atoms with Crippen molar-refractivity contribution in [3.05, 3.63) is 29.8 Å². The monoisotopic (exact) mass is 477 g/mol. The number of aliphatic imine (C=N–C) groups is 1. The molecular weight excluding hydrogens is 458 g/mol. The van der Waals surface area contributed by atoms with Crippen molar-refractivity contribution < 1.29 is 38.9 Å². The van der Waals surface area contributed by atoms with Gasteiger partial charge in [0.2, 0.25) is 0 Å². The van der Waals surface area contributed by atoms with Gasteiger partial charge >= 0.3 is 0 Å². The summed E-state index contributed by atoms with van der Waals surface area (Å²) in [6.07, 6.45) is 0.257. The topological polar surface area (TPSA) is 175 Å². The minimum Gasteiger partial charge on any atom is -0.286 e. The Bertz CT molecular complexity index is 1410.